The Labute approximate surface area is 173 Å². The first-order valence-corrected chi connectivity index (χ1v) is 10.6. The van der Waals surface area contributed by atoms with E-state index in [-0.39, 0.29) is 11.9 Å². The fourth-order valence-corrected chi connectivity index (χ4v) is 4.89. The maximum Gasteiger partial charge on any atom is 0.171 e. The molecule has 0 amide bonds. The molecule has 30 heavy (non-hydrogen) atoms. The molecule has 0 saturated carbocycles. The largest absolute Gasteiger partial charge is 0.486 e. The molecule has 1 aliphatic carbocycles. The van der Waals surface area contributed by atoms with Crippen molar-refractivity contribution in [3.05, 3.63) is 59.7 Å². The summed E-state index contributed by atoms with van der Waals surface area (Å²) < 4.78 is 25.9. The summed E-state index contributed by atoms with van der Waals surface area (Å²) in [5.41, 5.74) is 4.64. The molecular weight excluding hydrogens is 381 g/mol. The van der Waals surface area contributed by atoms with Gasteiger partial charge in [-0.2, -0.15) is 0 Å². The molecule has 3 N–H and O–H groups in total. The third-order valence-corrected chi connectivity index (χ3v) is 6.42. The van der Waals surface area contributed by atoms with Gasteiger partial charge >= 0.3 is 0 Å². The Kier molecular flexibility index (Phi) is 4.20. The molecule has 2 aromatic carbocycles. The second kappa shape index (κ2) is 7.06. The topological polar surface area (TPSA) is 62.1 Å². The Balaban J connectivity index is 1.10. The molecule has 6 rings (SSSR count). The Bertz CT molecular complexity index is 1230. The van der Waals surface area contributed by atoms with E-state index in [0.29, 0.717) is 12.5 Å². The lowest BCUT2D eigenvalue weighted by molar-refractivity contribution is 0.0915. The van der Waals surface area contributed by atoms with Crippen LogP contribution in [0.3, 0.4) is 0 Å². The molecule has 0 fully saturated rings. The zero-order chi connectivity index (χ0) is 20.1. The molecule has 154 valence electrons. The molecule has 5 nitrogen and oxygen atoms in total. The maximum atomic E-state index is 13.7. The summed E-state index contributed by atoms with van der Waals surface area (Å²) in [6.45, 7) is 2.21. The van der Waals surface area contributed by atoms with Crippen molar-refractivity contribution >= 4 is 21.8 Å². The minimum absolute atomic E-state index is 0.0145. The van der Waals surface area contributed by atoms with Crippen molar-refractivity contribution in [1.82, 2.24) is 15.3 Å². The number of rotatable bonds is 4. The van der Waals surface area contributed by atoms with E-state index < -0.39 is 0 Å². The van der Waals surface area contributed by atoms with Crippen LogP contribution < -0.4 is 14.8 Å². The number of aromatic amines is 2. The molecule has 0 saturated heterocycles. The molecule has 0 spiro atoms. The summed E-state index contributed by atoms with van der Waals surface area (Å²) in [6, 6.07) is 11.0. The van der Waals surface area contributed by atoms with E-state index in [2.05, 4.69) is 15.3 Å². The fourth-order valence-electron chi connectivity index (χ4n) is 4.89. The highest BCUT2D eigenvalue weighted by Gasteiger charge is 2.25. The molecule has 6 heteroatoms. The summed E-state index contributed by atoms with van der Waals surface area (Å²) in [5, 5.41) is 5.67. The second-order valence-electron chi connectivity index (χ2n) is 8.42. The standard InChI is InChI=1S/C24H24FN3O2/c25-15-2-4-22-19(10-15)18-9-14(1-3-21(18)28-22)11-26-12-16-13-29-23-6-5-20-17(7-8-27-20)24(23)30-16/h2,4-8,10,14,16,26-28H,1,3,9,11-13H2/t14-,16+/m1/s1. The number of ether oxygens (including phenoxy) is 2. The van der Waals surface area contributed by atoms with E-state index in [1.807, 2.05) is 30.5 Å². The molecule has 2 aliphatic rings. The Morgan fingerprint density at radius 3 is 2.97 bits per heavy atom. The number of H-pyrrole nitrogens is 2. The van der Waals surface area contributed by atoms with Crippen molar-refractivity contribution in [2.75, 3.05) is 19.7 Å². The average molecular weight is 405 g/mol. The van der Waals surface area contributed by atoms with Gasteiger partial charge in [0.2, 0.25) is 0 Å². The van der Waals surface area contributed by atoms with Crippen LogP contribution in [0.4, 0.5) is 4.39 Å². The van der Waals surface area contributed by atoms with E-state index in [4.69, 9.17) is 9.47 Å². The first-order valence-electron chi connectivity index (χ1n) is 10.6. The minimum atomic E-state index is -0.171. The fraction of sp³-hybridized carbons (Fsp3) is 0.333. The van der Waals surface area contributed by atoms with Gasteiger partial charge in [0.1, 0.15) is 18.5 Å². The number of hydrogen-bond acceptors (Lipinski definition) is 3. The summed E-state index contributed by atoms with van der Waals surface area (Å²) >= 11 is 0. The van der Waals surface area contributed by atoms with E-state index in [1.54, 1.807) is 6.07 Å². The number of nitrogens with one attached hydrogen (secondary N) is 3. The van der Waals surface area contributed by atoms with E-state index in [9.17, 15) is 4.39 Å². The Morgan fingerprint density at radius 2 is 2.00 bits per heavy atom. The van der Waals surface area contributed by atoms with Gasteiger partial charge in [-0.05, 0) is 73.7 Å². The molecule has 0 bridgehead atoms. The average Bonchev–Trinajstić information content (AvgIpc) is 3.38. The van der Waals surface area contributed by atoms with Crippen molar-refractivity contribution in [3.63, 3.8) is 0 Å². The van der Waals surface area contributed by atoms with E-state index in [0.717, 1.165) is 65.7 Å². The van der Waals surface area contributed by atoms with Gasteiger partial charge in [-0.1, -0.05) is 0 Å². The zero-order valence-electron chi connectivity index (χ0n) is 16.6. The SMILES string of the molecule is Fc1ccc2[nH]c3c(c2c1)C[C@H](CNC[C@H]1COc2ccc4[nH]ccc4c2O1)CC3. The van der Waals surface area contributed by atoms with Crippen LogP contribution in [0.25, 0.3) is 21.8 Å². The van der Waals surface area contributed by atoms with E-state index in [1.165, 1.54) is 17.3 Å². The smallest absolute Gasteiger partial charge is 0.171 e. The number of aromatic nitrogens is 2. The van der Waals surface area contributed by atoms with Crippen LogP contribution in [-0.2, 0) is 12.8 Å². The monoisotopic (exact) mass is 405 g/mol. The number of benzene rings is 2. The molecule has 2 atom stereocenters. The number of hydrogen-bond donors (Lipinski definition) is 3. The molecule has 4 aromatic rings. The lowest BCUT2D eigenvalue weighted by atomic mass is 9.86. The minimum Gasteiger partial charge on any atom is -0.486 e. The van der Waals surface area contributed by atoms with Crippen molar-refractivity contribution in [2.24, 2.45) is 5.92 Å². The molecule has 3 heterocycles. The summed E-state index contributed by atoms with van der Waals surface area (Å²) in [7, 11) is 0. The third kappa shape index (κ3) is 3.03. The van der Waals surface area contributed by atoms with Gasteiger partial charge in [-0.25, -0.2) is 4.39 Å². The molecule has 0 unspecified atom stereocenters. The van der Waals surface area contributed by atoms with Gasteiger partial charge in [-0.15, -0.1) is 0 Å². The van der Waals surface area contributed by atoms with Crippen LogP contribution >= 0.6 is 0 Å². The predicted octanol–water partition coefficient (Wildman–Crippen LogP) is 4.32. The quantitative estimate of drug-likeness (QED) is 0.474. The highest BCUT2D eigenvalue weighted by Crippen LogP contribution is 2.38. The lowest BCUT2D eigenvalue weighted by Gasteiger charge is -2.28. The van der Waals surface area contributed by atoms with Crippen LogP contribution in [0.5, 0.6) is 11.5 Å². The molecule has 1 aliphatic heterocycles. The highest BCUT2D eigenvalue weighted by atomic mass is 19.1. The first kappa shape index (κ1) is 17.8. The maximum absolute atomic E-state index is 13.7. The van der Waals surface area contributed by atoms with Crippen LogP contribution in [-0.4, -0.2) is 35.8 Å². The van der Waals surface area contributed by atoms with Gasteiger partial charge < -0.3 is 24.8 Å². The summed E-state index contributed by atoms with van der Waals surface area (Å²) in [6.07, 6.45) is 5.02. The number of fused-ring (bicyclic) bond motifs is 6. The van der Waals surface area contributed by atoms with Crippen molar-refractivity contribution < 1.29 is 13.9 Å². The Morgan fingerprint density at radius 1 is 1.07 bits per heavy atom. The summed E-state index contributed by atoms with van der Waals surface area (Å²) in [5.74, 6) is 2.00. The van der Waals surface area contributed by atoms with Gasteiger partial charge in [0.25, 0.3) is 0 Å². The normalized spacial score (nSPS) is 20.6. The van der Waals surface area contributed by atoms with Crippen LogP contribution in [0.1, 0.15) is 17.7 Å². The van der Waals surface area contributed by atoms with Gasteiger partial charge in [0.05, 0.1) is 0 Å². The van der Waals surface area contributed by atoms with E-state index >= 15 is 0 Å². The number of aryl methyl sites for hydroxylation is 1. The highest BCUT2D eigenvalue weighted by molar-refractivity contribution is 5.88. The second-order valence-corrected chi connectivity index (χ2v) is 8.42. The van der Waals surface area contributed by atoms with Gasteiger partial charge in [0.15, 0.2) is 11.5 Å². The molecule has 0 radical (unpaired) electrons. The van der Waals surface area contributed by atoms with Crippen molar-refractivity contribution in [2.45, 2.75) is 25.4 Å². The van der Waals surface area contributed by atoms with Crippen molar-refractivity contribution in [1.29, 1.82) is 0 Å². The number of halogens is 1. The van der Waals surface area contributed by atoms with Gasteiger partial charge in [0, 0.05) is 40.2 Å². The first-order chi connectivity index (χ1) is 14.7. The Hall–Kier alpha value is -2.99. The molecule has 2 aromatic heterocycles. The van der Waals surface area contributed by atoms with Crippen LogP contribution in [0, 0.1) is 11.7 Å². The summed E-state index contributed by atoms with van der Waals surface area (Å²) in [4.78, 5) is 6.68. The molecular formula is C24H24FN3O2. The zero-order valence-corrected chi connectivity index (χ0v) is 16.6. The van der Waals surface area contributed by atoms with Crippen LogP contribution in [0.2, 0.25) is 0 Å². The third-order valence-electron chi connectivity index (χ3n) is 6.42. The lowest BCUT2D eigenvalue weighted by Crippen LogP contribution is -2.40. The van der Waals surface area contributed by atoms with Gasteiger partial charge in [-0.3, -0.25) is 0 Å². The van der Waals surface area contributed by atoms with Crippen LogP contribution in [0.15, 0.2) is 42.6 Å². The predicted molar refractivity (Wildman–Crippen MR) is 115 cm³/mol. The van der Waals surface area contributed by atoms with Crippen molar-refractivity contribution in [3.8, 4) is 11.5 Å².